The summed E-state index contributed by atoms with van der Waals surface area (Å²) in [7, 11) is -2.06. The zero-order valence-corrected chi connectivity index (χ0v) is 18.5. The Hall–Kier alpha value is -2.71. The van der Waals surface area contributed by atoms with Crippen molar-refractivity contribution in [2.75, 3.05) is 7.11 Å². The molecule has 3 aromatic heterocycles. The van der Waals surface area contributed by atoms with Gasteiger partial charge in [-0.15, -0.1) is 0 Å². The first kappa shape index (κ1) is 20.2. The summed E-state index contributed by atoms with van der Waals surface area (Å²) in [5, 5.41) is 0.796. The predicted molar refractivity (Wildman–Crippen MR) is 120 cm³/mol. The van der Waals surface area contributed by atoms with Crippen LogP contribution in [0.2, 0.25) is 0 Å². The molecule has 0 N–H and O–H groups in total. The first-order valence-corrected chi connectivity index (χ1v) is 12.2. The Kier molecular flexibility index (Phi) is 5.06. The summed E-state index contributed by atoms with van der Waals surface area (Å²) in [4.78, 5) is 9.61. The van der Waals surface area contributed by atoms with Crippen LogP contribution >= 0.6 is 0 Å². The molecule has 0 aliphatic heterocycles. The highest BCUT2D eigenvalue weighted by atomic mass is 32.2. The lowest BCUT2D eigenvalue weighted by Gasteiger charge is -2.27. The van der Waals surface area contributed by atoms with Crippen LogP contribution in [0.15, 0.2) is 53.7 Å². The molecule has 1 aliphatic carbocycles. The van der Waals surface area contributed by atoms with Crippen molar-refractivity contribution in [2.24, 2.45) is 0 Å². The van der Waals surface area contributed by atoms with Crippen molar-refractivity contribution in [2.45, 2.75) is 56.1 Å². The second kappa shape index (κ2) is 7.76. The lowest BCUT2D eigenvalue weighted by molar-refractivity contribution is 0.106. The van der Waals surface area contributed by atoms with Gasteiger partial charge in [-0.2, -0.15) is 0 Å². The van der Waals surface area contributed by atoms with Crippen molar-refractivity contribution in [1.82, 2.24) is 18.5 Å². The molecule has 0 radical (unpaired) electrons. The highest BCUT2D eigenvalue weighted by Crippen LogP contribution is 2.37. The molecule has 8 heteroatoms. The summed E-state index contributed by atoms with van der Waals surface area (Å²) in [6.45, 7) is 2.00. The number of imidazole rings is 1. The molecule has 3 heterocycles. The normalized spacial score (nSPS) is 16.8. The second-order valence-electron chi connectivity index (χ2n) is 8.17. The van der Waals surface area contributed by atoms with Crippen molar-refractivity contribution in [3.05, 3.63) is 54.6 Å². The molecule has 5 rings (SSSR count). The number of hydrogen-bond donors (Lipinski definition) is 0. The molecule has 0 bridgehead atoms. The summed E-state index contributed by atoms with van der Waals surface area (Å²) in [6, 6.07) is 10.6. The molecule has 7 nitrogen and oxygen atoms in total. The van der Waals surface area contributed by atoms with Gasteiger partial charge in [0.1, 0.15) is 17.4 Å². The van der Waals surface area contributed by atoms with Crippen LogP contribution in [0.4, 0.5) is 0 Å². The van der Waals surface area contributed by atoms with E-state index in [1.807, 2.05) is 13.0 Å². The largest absolute Gasteiger partial charge is 0.374 e. The van der Waals surface area contributed by atoms with Crippen LogP contribution in [0.25, 0.3) is 22.1 Å². The third-order valence-corrected chi connectivity index (χ3v) is 7.99. The number of aromatic nitrogens is 4. The Morgan fingerprint density at radius 3 is 2.55 bits per heavy atom. The van der Waals surface area contributed by atoms with Crippen molar-refractivity contribution >= 4 is 32.1 Å². The maximum absolute atomic E-state index is 13.3. The molecule has 1 fully saturated rings. The Morgan fingerprint density at radius 2 is 1.84 bits per heavy atom. The minimum Gasteiger partial charge on any atom is -0.374 e. The average molecular weight is 439 g/mol. The summed E-state index contributed by atoms with van der Waals surface area (Å²) < 4.78 is 35.7. The fourth-order valence-corrected chi connectivity index (χ4v) is 5.99. The number of methoxy groups -OCH3 is 1. The number of rotatable bonds is 5. The van der Waals surface area contributed by atoms with Gasteiger partial charge in [0.05, 0.1) is 16.6 Å². The zero-order valence-electron chi connectivity index (χ0n) is 17.7. The highest BCUT2D eigenvalue weighted by molar-refractivity contribution is 7.90. The molecule has 0 unspecified atom stereocenters. The van der Waals surface area contributed by atoms with Crippen LogP contribution in [0.1, 0.15) is 57.0 Å². The van der Waals surface area contributed by atoms with Gasteiger partial charge in [-0.3, -0.25) is 0 Å². The van der Waals surface area contributed by atoms with Crippen molar-refractivity contribution in [1.29, 1.82) is 0 Å². The van der Waals surface area contributed by atoms with Crippen LogP contribution in [0, 0.1) is 0 Å². The van der Waals surface area contributed by atoms with E-state index in [-0.39, 0.29) is 11.0 Å². The third kappa shape index (κ3) is 3.25. The summed E-state index contributed by atoms with van der Waals surface area (Å²) >= 11 is 0. The minimum atomic E-state index is -3.74. The van der Waals surface area contributed by atoms with Crippen LogP contribution < -0.4 is 0 Å². The Labute approximate surface area is 181 Å². The molecule has 1 aromatic carbocycles. The second-order valence-corrected chi connectivity index (χ2v) is 9.98. The Morgan fingerprint density at radius 1 is 1.10 bits per heavy atom. The maximum atomic E-state index is 13.3. The topological polar surface area (TPSA) is 79.0 Å². The van der Waals surface area contributed by atoms with Crippen molar-refractivity contribution < 1.29 is 13.2 Å². The highest BCUT2D eigenvalue weighted by Gasteiger charge is 2.27. The fraction of sp³-hybridized carbons (Fsp3) is 0.391. The molecule has 0 amide bonds. The van der Waals surface area contributed by atoms with Crippen LogP contribution in [0.3, 0.4) is 0 Å². The van der Waals surface area contributed by atoms with Crippen LogP contribution in [-0.4, -0.2) is 34.0 Å². The van der Waals surface area contributed by atoms with E-state index < -0.39 is 10.0 Å². The lowest BCUT2D eigenvalue weighted by Crippen LogP contribution is -2.17. The smallest absolute Gasteiger partial charge is 0.269 e. The molecule has 1 saturated carbocycles. The van der Waals surface area contributed by atoms with E-state index >= 15 is 0 Å². The molecule has 4 aromatic rings. The molecule has 162 valence electrons. The number of fused-ring (bicyclic) bond motifs is 3. The Bertz CT molecular complexity index is 1340. The number of ether oxygens (including phenoxy) is 1. The molecule has 0 saturated heterocycles. The van der Waals surface area contributed by atoms with E-state index in [9.17, 15) is 8.42 Å². The standard InChI is InChI=1S/C23H26N4O3S/c1-16(30-2)22-25-20-15-24-23-19(21(20)27(22)17-9-5-3-6-10-17)13-14-26(23)31(28,29)18-11-7-4-8-12-18/h4,7-8,11-17H,3,5-6,9-10H2,1-2H3/t16-/m1/s1. The van der Waals surface area contributed by atoms with Gasteiger partial charge in [-0.05, 0) is 38.0 Å². The molecular weight excluding hydrogens is 412 g/mol. The average Bonchev–Trinajstić information content (AvgIpc) is 3.41. The van der Waals surface area contributed by atoms with Gasteiger partial charge >= 0.3 is 0 Å². The van der Waals surface area contributed by atoms with E-state index in [1.54, 1.807) is 49.8 Å². The molecule has 0 spiro atoms. The minimum absolute atomic E-state index is 0.167. The first-order valence-electron chi connectivity index (χ1n) is 10.7. The summed E-state index contributed by atoms with van der Waals surface area (Å²) in [5.74, 6) is 0.873. The molecule has 31 heavy (non-hydrogen) atoms. The van der Waals surface area contributed by atoms with E-state index in [0.29, 0.717) is 11.7 Å². The SMILES string of the molecule is CO[C@H](C)c1nc2cnc3c(ccn3S(=O)(=O)c3ccccc3)c2n1C1CCCCC1. The quantitative estimate of drug-likeness (QED) is 0.446. The van der Waals surface area contributed by atoms with Gasteiger partial charge in [0.25, 0.3) is 10.0 Å². The monoisotopic (exact) mass is 438 g/mol. The third-order valence-electron chi connectivity index (χ3n) is 6.31. The Balaban J connectivity index is 1.76. The lowest BCUT2D eigenvalue weighted by atomic mass is 9.95. The molecular formula is C23H26N4O3S. The number of pyridine rings is 1. The fourth-order valence-electron chi connectivity index (χ4n) is 4.67. The molecule has 1 atom stereocenters. The first-order chi connectivity index (χ1) is 15.0. The van der Waals surface area contributed by atoms with E-state index in [2.05, 4.69) is 9.55 Å². The van der Waals surface area contributed by atoms with Gasteiger partial charge in [0, 0.05) is 24.7 Å². The predicted octanol–water partition coefficient (Wildman–Crippen LogP) is 4.84. The van der Waals surface area contributed by atoms with E-state index in [1.165, 1.54) is 23.2 Å². The van der Waals surface area contributed by atoms with E-state index in [4.69, 9.17) is 9.72 Å². The van der Waals surface area contributed by atoms with Gasteiger partial charge in [-0.1, -0.05) is 37.5 Å². The summed E-state index contributed by atoms with van der Waals surface area (Å²) in [5.41, 5.74) is 2.13. The van der Waals surface area contributed by atoms with Gasteiger partial charge in [-0.25, -0.2) is 22.4 Å². The maximum Gasteiger partial charge on any atom is 0.269 e. The van der Waals surface area contributed by atoms with E-state index in [0.717, 1.165) is 35.1 Å². The van der Waals surface area contributed by atoms with Crippen molar-refractivity contribution in [3.8, 4) is 0 Å². The van der Waals surface area contributed by atoms with Crippen molar-refractivity contribution in [3.63, 3.8) is 0 Å². The van der Waals surface area contributed by atoms with Crippen LogP contribution in [0.5, 0.6) is 0 Å². The van der Waals surface area contributed by atoms with Crippen LogP contribution in [-0.2, 0) is 14.8 Å². The number of benzene rings is 1. The molecule has 1 aliphatic rings. The summed E-state index contributed by atoms with van der Waals surface area (Å²) in [6.07, 6.45) is 8.90. The zero-order chi connectivity index (χ0) is 21.6. The van der Waals surface area contributed by atoms with Gasteiger partial charge in [0.2, 0.25) is 0 Å². The van der Waals surface area contributed by atoms with Gasteiger partial charge < -0.3 is 9.30 Å². The number of hydrogen-bond acceptors (Lipinski definition) is 5. The number of nitrogens with zero attached hydrogens (tertiary/aromatic N) is 4. The van der Waals surface area contributed by atoms with Gasteiger partial charge in [0.15, 0.2) is 5.65 Å².